The van der Waals surface area contributed by atoms with Crippen LogP contribution in [0.3, 0.4) is 0 Å². The standard InChI is InChI=1S/C16H6Br2F8N2O3/c17-8-3-5(14(20,15(21,22)23)16(24,25)26)4-9(18)10(8)6-1-2-7(13(27)29)11(19)12(6)28(30)31/h1-4H,(H2,27,29). The molecule has 0 heterocycles. The summed E-state index contributed by atoms with van der Waals surface area (Å²) in [5.74, 6) is -3.04. The number of nitro groups is 1. The van der Waals surface area contributed by atoms with Gasteiger partial charge in [0, 0.05) is 20.1 Å². The average molecular weight is 586 g/mol. The highest BCUT2D eigenvalue weighted by Gasteiger charge is 2.73. The third-order valence-electron chi connectivity index (χ3n) is 4.05. The number of hydrogen-bond acceptors (Lipinski definition) is 3. The number of carbonyl (C=O) groups is 1. The largest absolute Gasteiger partial charge is 0.435 e. The maximum Gasteiger partial charge on any atom is 0.435 e. The Morgan fingerprint density at radius 1 is 0.968 bits per heavy atom. The van der Waals surface area contributed by atoms with Crippen LogP contribution in [0.4, 0.5) is 40.8 Å². The molecule has 1 amide bonds. The van der Waals surface area contributed by atoms with Crippen LogP contribution in [-0.2, 0) is 5.67 Å². The van der Waals surface area contributed by atoms with Crippen molar-refractivity contribution in [3.8, 4) is 11.1 Å². The predicted molar refractivity (Wildman–Crippen MR) is 97.3 cm³/mol. The smallest absolute Gasteiger partial charge is 0.366 e. The highest BCUT2D eigenvalue weighted by molar-refractivity contribution is 9.11. The van der Waals surface area contributed by atoms with Crippen LogP contribution in [0.25, 0.3) is 11.1 Å². The Hall–Kier alpha value is -2.29. The van der Waals surface area contributed by atoms with Gasteiger partial charge >= 0.3 is 23.7 Å². The molecule has 0 fully saturated rings. The van der Waals surface area contributed by atoms with Gasteiger partial charge in [-0.05, 0) is 24.3 Å². The van der Waals surface area contributed by atoms with Gasteiger partial charge in [0.2, 0.25) is 5.82 Å². The fourth-order valence-corrected chi connectivity index (χ4v) is 4.27. The normalized spacial score (nSPS) is 12.7. The summed E-state index contributed by atoms with van der Waals surface area (Å²) in [6.45, 7) is 0. The van der Waals surface area contributed by atoms with Gasteiger partial charge in [-0.25, -0.2) is 4.39 Å². The van der Waals surface area contributed by atoms with Crippen molar-refractivity contribution >= 4 is 43.5 Å². The topological polar surface area (TPSA) is 86.2 Å². The fraction of sp³-hybridized carbons (Fsp3) is 0.188. The van der Waals surface area contributed by atoms with E-state index in [1.54, 1.807) is 0 Å². The Morgan fingerprint density at radius 3 is 1.77 bits per heavy atom. The molecule has 2 N–H and O–H groups in total. The van der Waals surface area contributed by atoms with Crippen molar-refractivity contribution in [1.29, 1.82) is 0 Å². The number of primary amides is 1. The minimum Gasteiger partial charge on any atom is -0.366 e. The van der Waals surface area contributed by atoms with Crippen LogP contribution in [-0.4, -0.2) is 23.2 Å². The van der Waals surface area contributed by atoms with Crippen molar-refractivity contribution in [3.05, 3.63) is 60.3 Å². The number of nitrogens with zero attached hydrogens (tertiary/aromatic N) is 1. The lowest BCUT2D eigenvalue weighted by Gasteiger charge is -2.31. The highest BCUT2D eigenvalue weighted by Crippen LogP contribution is 2.55. The summed E-state index contributed by atoms with van der Waals surface area (Å²) in [5.41, 5.74) is -6.06. The van der Waals surface area contributed by atoms with Gasteiger partial charge in [0.1, 0.15) is 0 Å². The van der Waals surface area contributed by atoms with Gasteiger partial charge in [0.25, 0.3) is 5.91 Å². The first-order valence-corrected chi connectivity index (χ1v) is 9.12. The zero-order chi connectivity index (χ0) is 24.1. The summed E-state index contributed by atoms with van der Waals surface area (Å²) >= 11 is 5.30. The second kappa shape index (κ2) is 8.00. The molecule has 0 atom stereocenters. The van der Waals surface area contributed by atoms with Crippen molar-refractivity contribution in [2.75, 3.05) is 0 Å². The van der Waals surface area contributed by atoms with E-state index in [2.05, 4.69) is 31.9 Å². The Bertz CT molecular complexity index is 1050. The van der Waals surface area contributed by atoms with E-state index >= 15 is 0 Å². The minimum absolute atomic E-state index is 0.116. The summed E-state index contributed by atoms with van der Waals surface area (Å²) in [6.07, 6.45) is -12.8. The predicted octanol–water partition coefficient (Wildman–Crippen LogP) is 6.31. The van der Waals surface area contributed by atoms with E-state index < -0.39 is 71.6 Å². The monoisotopic (exact) mass is 584 g/mol. The summed E-state index contributed by atoms with van der Waals surface area (Å²) in [4.78, 5) is 21.3. The molecule has 2 aromatic rings. The molecule has 0 spiro atoms. The molecule has 15 heteroatoms. The molecular formula is C16H6Br2F8N2O3. The van der Waals surface area contributed by atoms with Crippen LogP contribution in [0.2, 0.25) is 0 Å². The van der Waals surface area contributed by atoms with E-state index in [0.29, 0.717) is 0 Å². The van der Waals surface area contributed by atoms with Gasteiger partial charge < -0.3 is 5.73 Å². The van der Waals surface area contributed by atoms with Gasteiger partial charge in [-0.3, -0.25) is 14.9 Å². The Kier molecular flexibility index (Phi) is 6.45. The van der Waals surface area contributed by atoms with Gasteiger partial charge in [0.15, 0.2) is 0 Å². The molecule has 0 radical (unpaired) electrons. The molecule has 0 unspecified atom stereocenters. The second-order valence-electron chi connectivity index (χ2n) is 5.91. The van der Waals surface area contributed by atoms with Crippen molar-refractivity contribution in [2.45, 2.75) is 18.0 Å². The molecule has 0 aliphatic rings. The number of rotatable bonds is 4. The third-order valence-corrected chi connectivity index (χ3v) is 5.31. The second-order valence-corrected chi connectivity index (χ2v) is 7.62. The molecule has 2 aromatic carbocycles. The van der Waals surface area contributed by atoms with E-state index in [0.717, 1.165) is 12.1 Å². The summed E-state index contributed by atoms with van der Waals surface area (Å²) in [7, 11) is 0. The molecule has 168 valence electrons. The first-order chi connectivity index (χ1) is 13.9. The van der Waals surface area contributed by atoms with E-state index in [-0.39, 0.29) is 12.1 Å². The number of nitrogens with two attached hydrogens (primary N) is 1. The molecule has 2 rings (SSSR count). The van der Waals surface area contributed by atoms with Crippen LogP contribution in [0.15, 0.2) is 33.2 Å². The highest BCUT2D eigenvalue weighted by atomic mass is 79.9. The molecule has 0 aliphatic carbocycles. The molecule has 0 bridgehead atoms. The first-order valence-electron chi connectivity index (χ1n) is 7.54. The zero-order valence-corrected chi connectivity index (χ0v) is 17.5. The Labute approximate surface area is 183 Å². The fourth-order valence-electron chi connectivity index (χ4n) is 2.65. The van der Waals surface area contributed by atoms with Crippen LogP contribution in [0.5, 0.6) is 0 Å². The lowest BCUT2D eigenvalue weighted by molar-refractivity contribution is -0.386. The zero-order valence-electron chi connectivity index (χ0n) is 14.3. The quantitative estimate of drug-likeness (QED) is 0.259. The van der Waals surface area contributed by atoms with E-state index in [9.17, 15) is 50.0 Å². The van der Waals surface area contributed by atoms with Crippen molar-refractivity contribution in [1.82, 2.24) is 0 Å². The molecule has 31 heavy (non-hydrogen) atoms. The molecule has 0 saturated heterocycles. The number of benzene rings is 2. The van der Waals surface area contributed by atoms with E-state index in [4.69, 9.17) is 5.73 Å². The van der Waals surface area contributed by atoms with Gasteiger partial charge in [-0.15, -0.1) is 0 Å². The van der Waals surface area contributed by atoms with Crippen LogP contribution < -0.4 is 5.73 Å². The van der Waals surface area contributed by atoms with Crippen LogP contribution in [0, 0.1) is 15.9 Å². The number of nitro benzene ring substituents is 1. The Balaban J connectivity index is 2.87. The van der Waals surface area contributed by atoms with Gasteiger partial charge in [-0.2, -0.15) is 30.7 Å². The van der Waals surface area contributed by atoms with Crippen molar-refractivity contribution in [3.63, 3.8) is 0 Å². The maximum absolute atomic E-state index is 14.4. The van der Waals surface area contributed by atoms with Gasteiger partial charge in [-0.1, -0.05) is 31.9 Å². The molecule has 0 saturated carbocycles. The minimum atomic E-state index is -6.40. The lowest BCUT2D eigenvalue weighted by atomic mass is 9.91. The number of halogens is 10. The SMILES string of the molecule is NC(=O)c1ccc(-c2c(Br)cc(C(F)(C(F)(F)F)C(F)(F)F)cc2Br)c([N+](=O)[O-])c1F. The summed E-state index contributed by atoms with van der Waals surface area (Å²) in [5, 5.41) is 11.3. The number of alkyl halides is 7. The summed E-state index contributed by atoms with van der Waals surface area (Å²) < 4.78 is 105. The number of hydrogen-bond donors (Lipinski definition) is 1. The third kappa shape index (κ3) is 4.12. The molecule has 0 aromatic heterocycles. The molecule has 0 aliphatic heterocycles. The maximum atomic E-state index is 14.4. The molecular weight excluding hydrogens is 580 g/mol. The van der Waals surface area contributed by atoms with Crippen molar-refractivity contribution < 1.29 is 44.8 Å². The van der Waals surface area contributed by atoms with Crippen molar-refractivity contribution in [2.24, 2.45) is 5.73 Å². The number of amides is 1. The van der Waals surface area contributed by atoms with Gasteiger partial charge in [0.05, 0.1) is 16.1 Å². The van der Waals surface area contributed by atoms with E-state index in [1.165, 1.54) is 0 Å². The Morgan fingerprint density at radius 2 is 1.42 bits per heavy atom. The van der Waals surface area contributed by atoms with Crippen LogP contribution >= 0.6 is 31.9 Å². The number of carbonyl (C=O) groups excluding carboxylic acids is 1. The first kappa shape index (κ1) is 25.0. The lowest BCUT2D eigenvalue weighted by Crippen LogP contribution is -2.50. The van der Waals surface area contributed by atoms with Crippen LogP contribution in [0.1, 0.15) is 15.9 Å². The average Bonchev–Trinajstić information content (AvgIpc) is 2.57. The van der Waals surface area contributed by atoms with E-state index in [1.807, 2.05) is 0 Å². The molecule has 5 nitrogen and oxygen atoms in total. The summed E-state index contributed by atoms with van der Waals surface area (Å²) in [6, 6.07) is 1.77.